The minimum Gasteiger partial charge on any atom is -0.474 e. The van der Waals surface area contributed by atoms with Crippen molar-refractivity contribution in [2.24, 2.45) is 0 Å². The lowest BCUT2D eigenvalue weighted by Crippen LogP contribution is -2.53. The van der Waals surface area contributed by atoms with E-state index in [9.17, 15) is 9.59 Å². The fourth-order valence-corrected chi connectivity index (χ4v) is 4.11. The first kappa shape index (κ1) is 16.8. The molecule has 0 aromatic carbocycles. The fourth-order valence-electron chi connectivity index (χ4n) is 4.11. The Morgan fingerprint density at radius 1 is 1.38 bits per heavy atom. The van der Waals surface area contributed by atoms with Crippen molar-refractivity contribution in [1.82, 2.24) is 25.1 Å². The number of aromatic nitrogens is 4. The quantitative estimate of drug-likeness (QED) is 0.832. The van der Waals surface area contributed by atoms with Gasteiger partial charge < -0.3 is 14.4 Å². The number of nitrogens with one attached hydrogen (secondary N) is 2. The summed E-state index contributed by atoms with van der Waals surface area (Å²) in [7, 11) is 1.69. The predicted molar refractivity (Wildman–Crippen MR) is 90.9 cm³/mol. The number of amides is 1. The number of carbonyl (C=O) groups is 1. The smallest absolute Gasteiger partial charge is 0.341 e. The maximum Gasteiger partial charge on any atom is 0.341 e. The molecular formula is C17H21N5O4. The summed E-state index contributed by atoms with van der Waals surface area (Å²) in [5, 5.41) is 6.00. The predicted octanol–water partition coefficient (Wildman–Crippen LogP) is 0.724. The van der Waals surface area contributed by atoms with Crippen LogP contribution >= 0.6 is 0 Å². The van der Waals surface area contributed by atoms with Gasteiger partial charge in [-0.05, 0) is 25.3 Å². The summed E-state index contributed by atoms with van der Waals surface area (Å²) in [6, 6.07) is 5.41. The van der Waals surface area contributed by atoms with Crippen LogP contribution in [0.2, 0.25) is 0 Å². The van der Waals surface area contributed by atoms with Crippen molar-refractivity contribution in [3.05, 3.63) is 40.7 Å². The highest BCUT2D eigenvalue weighted by molar-refractivity contribution is 5.91. The second kappa shape index (κ2) is 6.56. The average molecular weight is 359 g/mol. The van der Waals surface area contributed by atoms with Gasteiger partial charge in [0.2, 0.25) is 11.7 Å². The highest BCUT2D eigenvalue weighted by atomic mass is 16.5. The summed E-state index contributed by atoms with van der Waals surface area (Å²) >= 11 is 0. The van der Waals surface area contributed by atoms with Gasteiger partial charge in [-0.15, -0.1) is 5.10 Å². The first-order chi connectivity index (χ1) is 12.6. The Hall–Kier alpha value is -2.68. The van der Waals surface area contributed by atoms with Gasteiger partial charge in [0.25, 0.3) is 5.91 Å². The second-order valence-corrected chi connectivity index (χ2v) is 6.74. The molecule has 3 atom stereocenters. The third-order valence-electron chi connectivity index (χ3n) is 5.43. The van der Waals surface area contributed by atoms with Gasteiger partial charge in [0.1, 0.15) is 6.10 Å². The molecule has 9 nitrogen and oxygen atoms in total. The van der Waals surface area contributed by atoms with Crippen LogP contribution < -0.4 is 10.4 Å². The maximum atomic E-state index is 12.8. The Labute approximate surface area is 149 Å². The Bertz CT molecular complexity index is 835. The van der Waals surface area contributed by atoms with Gasteiger partial charge in [0.15, 0.2) is 0 Å². The second-order valence-electron chi connectivity index (χ2n) is 6.74. The third-order valence-corrected chi connectivity index (χ3v) is 5.43. The molecule has 2 aromatic rings. The fraction of sp³-hybridized carbons (Fsp3) is 0.529. The number of carbonyl (C=O) groups excluding carboxylic acids is 1. The Kier molecular flexibility index (Phi) is 4.23. The van der Waals surface area contributed by atoms with Crippen LogP contribution in [0.4, 0.5) is 0 Å². The Morgan fingerprint density at radius 2 is 2.27 bits per heavy atom. The molecule has 2 aromatic heterocycles. The maximum absolute atomic E-state index is 12.8. The largest absolute Gasteiger partial charge is 0.474 e. The van der Waals surface area contributed by atoms with Crippen LogP contribution in [0.25, 0.3) is 0 Å². The number of ether oxygens (including phenoxy) is 2. The molecule has 2 aliphatic rings. The summed E-state index contributed by atoms with van der Waals surface area (Å²) in [6.07, 6.45) is 4.67. The normalized spacial score (nSPS) is 28.0. The molecule has 1 saturated heterocycles. The molecule has 1 aliphatic heterocycles. The molecule has 138 valence electrons. The van der Waals surface area contributed by atoms with E-state index in [-0.39, 0.29) is 29.5 Å². The zero-order valence-corrected chi connectivity index (χ0v) is 14.5. The number of aromatic amines is 2. The molecular weight excluding hydrogens is 338 g/mol. The Morgan fingerprint density at radius 3 is 2.96 bits per heavy atom. The summed E-state index contributed by atoms with van der Waals surface area (Å²) in [5.74, 6) is 0.301. The van der Waals surface area contributed by atoms with E-state index >= 15 is 0 Å². The van der Waals surface area contributed by atoms with E-state index < -0.39 is 5.69 Å². The number of likely N-dealkylation sites (tertiary alicyclic amines) is 1. The standard InChI is InChI=1S/C17H21N5O4/c1-25-17-6-5-11(26-13-4-2-3-8-18-13)10-12(17)22(9-7-17)15(23)14-19-16(24)21-20-14/h2-4,8,11-12H,5-7,9-10H2,1H3,(H2,19,20,21,24)/t11-,12-,17+/m0/s1. The van der Waals surface area contributed by atoms with Crippen molar-refractivity contribution in [2.75, 3.05) is 13.7 Å². The van der Waals surface area contributed by atoms with Crippen molar-refractivity contribution < 1.29 is 14.3 Å². The van der Waals surface area contributed by atoms with Gasteiger partial charge in [-0.1, -0.05) is 6.07 Å². The summed E-state index contributed by atoms with van der Waals surface area (Å²) in [5.41, 5.74) is -0.874. The van der Waals surface area contributed by atoms with Crippen molar-refractivity contribution in [2.45, 2.75) is 43.4 Å². The van der Waals surface area contributed by atoms with Crippen molar-refractivity contribution in [3.63, 3.8) is 0 Å². The number of rotatable bonds is 4. The van der Waals surface area contributed by atoms with E-state index in [0.29, 0.717) is 18.8 Å². The van der Waals surface area contributed by atoms with E-state index in [4.69, 9.17) is 9.47 Å². The first-order valence-electron chi connectivity index (χ1n) is 8.70. The van der Waals surface area contributed by atoms with Gasteiger partial charge in [0.05, 0.1) is 11.6 Å². The molecule has 2 fully saturated rings. The van der Waals surface area contributed by atoms with Gasteiger partial charge in [-0.25, -0.2) is 14.9 Å². The molecule has 2 N–H and O–H groups in total. The van der Waals surface area contributed by atoms with Gasteiger partial charge in [0, 0.05) is 32.3 Å². The molecule has 0 unspecified atom stereocenters. The number of nitrogens with zero attached hydrogens (tertiary/aromatic N) is 3. The highest BCUT2D eigenvalue weighted by Crippen LogP contribution is 2.43. The van der Waals surface area contributed by atoms with Gasteiger partial charge in [-0.3, -0.25) is 9.78 Å². The van der Waals surface area contributed by atoms with Crippen LogP contribution in [-0.2, 0) is 4.74 Å². The van der Waals surface area contributed by atoms with E-state index in [1.54, 1.807) is 18.2 Å². The van der Waals surface area contributed by atoms with Crippen LogP contribution in [0.1, 0.15) is 36.3 Å². The summed E-state index contributed by atoms with van der Waals surface area (Å²) in [6.45, 7) is 0.558. The molecule has 1 saturated carbocycles. The van der Waals surface area contributed by atoms with Crippen LogP contribution in [0.3, 0.4) is 0 Å². The molecule has 0 radical (unpaired) electrons. The average Bonchev–Trinajstić information content (AvgIpc) is 3.26. The molecule has 0 spiro atoms. The van der Waals surface area contributed by atoms with E-state index in [2.05, 4.69) is 20.2 Å². The molecule has 1 aliphatic carbocycles. The minimum absolute atomic E-state index is 0.0228. The lowest BCUT2D eigenvalue weighted by atomic mass is 9.79. The molecule has 0 bridgehead atoms. The number of pyridine rings is 1. The van der Waals surface area contributed by atoms with Crippen LogP contribution in [-0.4, -0.2) is 62.4 Å². The van der Waals surface area contributed by atoms with Gasteiger partial charge >= 0.3 is 5.69 Å². The zero-order chi connectivity index (χ0) is 18.1. The van der Waals surface area contributed by atoms with E-state index in [1.807, 2.05) is 18.2 Å². The lowest BCUT2D eigenvalue weighted by Gasteiger charge is -2.43. The zero-order valence-electron chi connectivity index (χ0n) is 14.5. The molecule has 1 amide bonds. The molecule has 9 heteroatoms. The lowest BCUT2D eigenvalue weighted by molar-refractivity contribution is -0.0789. The van der Waals surface area contributed by atoms with E-state index in [0.717, 1.165) is 19.3 Å². The molecule has 26 heavy (non-hydrogen) atoms. The monoisotopic (exact) mass is 359 g/mol. The molecule has 3 heterocycles. The van der Waals surface area contributed by atoms with Crippen molar-refractivity contribution in [3.8, 4) is 5.88 Å². The third kappa shape index (κ3) is 2.88. The van der Waals surface area contributed by atoms with Gasteiger partial charge in [-0.2, -0.15) is 0 Å². The van der Waals surface area contributed by atoms with Crippen LogP contribution in [0.5, 0.6) is 5.88 Å². The molecule has 4 rings (SSSR count). The number of methoxy groups -OCH3 is 1. The van der Waals surface area contributed by atoms with Crippen LogP contribution in [0, 0.1) is 0 Å². The van der Waals surface area contributed by atoms with Crippen LogP contribution in [0.15, 0.2) is 29.2 Å². The number of H-pyrrole nitrogens is 2. The number of hydrogen-bond donors (Lipinski definition) is 2. The topological polar surface area (TPSA) is 113 Å². The number of fused-ring (bicyclic) bond motifs is 1. The summed E-state index contributed by atoms with van der Waals surface area (Å²) in [4.78, 5) is 32.5. The summed E-state index contributed by atoms with van der Waals surface area (Å²) < 4.78 is 11.9. The van der Waals surface area contributed by atoms with Crippen molar-refractivity contribution >= 4 is 5.91 Å². The Balaban J connectivity index is 1.54. The highest BCUT2D eigenvalue weighted by Gasteiger charge is 2.53. The number of hydrogen-bond acceptors (Lipinski definition) is 6. The SMILES string of the molecule is CO[C@@]12CC[C@H](Oc3ccccn3)C[C@@H]1N(C(=O)c1n[nH]c(=O)[nH]1)CC2. The van der Waals surface area contributed by atoms with E-state index in [1.165, 1.54) is 0 Å². The first-order valence-corrected chi connectivity index (χ1v) is 8.70. The minimum atomic E-state index is -0.495. The van der Waals surface area contributed by atoms with Crippen molar-refractivity contribution in [1.29, 1.82) is 0 Å².